The van der Waals surface area contributed by atoms with Gasteiger partial charge in [0.2, 0.25) is 0 Å². The van der Waals surface area contributed by atoms with Crippen LogP contribution >= 0.6 is 11.3 Å². The lowest BCUT2D eigenvalue weighted by Gasteiger charge is -2.30. The Morgan fingerprint density at radius 3 is 2.76 bits per heavy atom. The number of fused-ring (bicyclic) bond motifs is 1. The third kappa shape index (κ3) is 2.43. The molecule has 7 heteroatoms. The van der Waals surface area contributed by atoms with Crippen molar-refractivity contribution in [1.29, 1.82) is 0 Å². The maximum absolute atomic E-state index is 12.8. The Morgan fingerprint density at radius 1 is 1.29 bits per heavy atom. The van der Waals surface area contributed by atoms with E-state index in [4.69, 9.17) is 5.73 Å². The van der Waals surface area contributed by atoms with E-state index in [1.165, 1.54) is 15.8 Å². The first kappa shape index (κ1) is 14.1. The van der Waals surface area contributed by atoms with Crippen LogP contribution in [-0.4, -0.2) is 20.9 Å². The number of benzene rings is 1. The summed E-state index contributed by atoms with van der Waals surface area (Å²) in [6, 6.07) is 8.84. The molecule has 1 aromatic carbocycles. The van der Waals surface area contributed by atoms with Crippen molar-refractivity contribution in [3.8, 4) is 0 Å². The average Bonchev–Trinajstić information content (AvgIpc) is 2.97. The number of carbonyl (C=O) groups excluding carboxylic acids is 1. The molecule has 0 saturated heterocycles. The average molecular weight is 322 g/mol. The zero-order chi connectivity index (χ0) is 15.0. The van der Waals surface area contributed by atoms with Gasteiger partial charge in [0.15, 0.2) is 0 Å². The zero-order valence-corrected chi connectivity index (χ0v) is 12.8. The van der Waals surface area contributed by atoms with Crippen LogP contribution in [0.1, 0.15) is 21.7 Å². The number of para-hydroxylation sites is 1. The minimum Gasteiger partial charge on any atom is -0.365 e. The molecule has 0 atom stereocenters. The molecule has 0 radical (unpaired) electrons. The van der Waals surface area contributed by atoms with E-state index >= 15 is 0 Å². The first-order valence-corrected chi connectivity index (χ1v) is 8.81. The van der Waals surface area contributed by atoms with Crippen LogP contribution in [-0.2, 0) is 16.4 Å². The second-order valence-corrected chi connectivity index (χ2v) is 7.59. The smallest absolute Gasteiger partial charge is 0.265 e. The van der Waals surface area contributed by atoms with Crippen molar-refractivity contribution >= 4 is 33.0 Å². The van der Waals surface area contributed by atoms with Crippen LogP contribution in [0.15, 0.2) is 40.6 Å². The molecule has 21 heavy (non-hydrogen) atoms. The van der Waals surface area contributed by atoms with Gasteiger partial charge in [0.1, 0.15) is 0 Å². The zero-order valence-electron chi connectivity index (χ0n) is 11.2. The van der Waals surface area contributed by atoms with Gasteiger partial charge in [-0.2, -0.15) is 0 Å². The molecule has 0 bridgehead atoms. The fourth-order valence-electron chi connectivity index (χ4n) is 2.46. The van der Waals surface area contributed by atoms with Gasteiger partial charge in [-0.1, -0.05) is 18.2 Å². The Morgan fingerprint density at radius 2 is 2.05 bits per heavy atom. The molecule has 1 aliphatic rings. The molecule has 3 rings (SSSR count). The standard InChI is InChI=1S/C14H14N2O3S2/c15-14(17)13-8-11(9-20-13)21(18,19)16-7-3-5-10-4-1-2-6-12(10)16/h1-2,4,6,8-9H,3,5,7H2,(H2,15,17). The van der Waals surface area contributed by atoms with E-state index in [0.717, 1.165) is 35.4 Å². The number of rotatable bonds is 3. The molecule has 2 heterocycles. The Hall–Kier alpha value is -1.86. The molecule has 1 aliphatic heterocycles. The quantitative estimate of drug-likeness (QED) is 0.938. The number of aryl methyl sites for hydroxylation is 1. The highest BCUT2D eigenvalue weighted by Crippen LogP contribution is 2.32. The SMILES string of the molecule is NC(=O)c1cc(S(=O)(=O)N2CCCc3ccccc32)cs1. The van der Waals surface area contributed by atoms with Crippen molar-refractivity contribution < 1.29 is 13.2 Å². The minimum atomic E-state index is -3.65. The van der Waals surface area contributed by atoms with Crippen molar-refractivity contribution in [2.75, 3.05) is 10.8 Å². The fourth-order valence-corrected chi connectivity index (χ4v) is 5.11. The Labute approximate surface area is 127 Å². The normalized spacial score (nSPS) is 14.8. The van der Waals surface area contributed by atoms with Crippen LogP contribution < -0.4 is 10.0 Å². The van der Waals surface area contributed by atoms with Gasteiger partial charge >= 0.3 is 0 Å². The molecule has 0 fully saturated rings. The van der Waals surface area contributed by atoms with Crippen LogP contribution in [0.4, 0.5) is 5.69 Å². The molecule has 2 N–H and O–H groups in total. The van der Waals surface area contributed by atoms with Crippen molar-refractivity contribution in [2.45, 2.75) is 17.7 Å². The number of primary amides is 1. The number of nitrogens with zero attached hydrogens (tertiary/aromatic N) is 1. The van der Waals surface area contributed by atoms with E-state index in [1.807, 2.05) is 24.3 Å². The largest absolute Gasteiger partial charge is 0.365 e. The number of hydrogen-bond acceptors (Lipinski definition) is 4. The number of anilines is 1. The predicted octanol–water partition coefficient (Wildman–Crippen LogP) is 1.99. The number of thiophene rings is 1. The van der Waals surface area contributed by atoms with Gasteiger partial charge in [0, 0.05) is 11.9 Å². The van der Waals surface area contributed by atoms with Crippen LogP contribution in [0, 0.1) is 0 Å². The maximum atomic E-state index is 12.8. The fraction of sp³-hybridized carbons (Fsp3) is 0.214. The van der Waals surface area contributed by atoms with Crippen molar-refractivity contribution in [3.63, 3.8) is 0 Å². The van der Waals surface area contributed by atoms with Gasteiger partial charge in [-0.05, 0) is 30.5 Å². The summed E-state index contributed by atoms with van der Waals surface area (Å²) in [5, 5.41) is 1.46. The second kappa shape index (κ2) is 5.16. The van der Waals surface area contributed by atoms with Gasteiger partial charge in [0.25, 0.3) is 15.9 Å². The van der Waals surface area contributed by atoms with Crippen molar-refractivity contribution in [3.05, 3.63) is 46.2 Å². The van der Waals surface area contributed by atoms with E-state index in [-0.39, 0.29) is 9.77 Å². The maximum Gasteiger partial charge on any atom is 0.265 e. The number of amides is 1. The predicted molar refractivity (Wildman–Crippen MR) is 82.1 cm³/mol. The molecule has 5 nitrogen and oxygen atoms in total. The Kier molecular flexibility index (Phi) is 3.46. The Balaban J connectivity index is 2.05. The van der Waals surface area contributed by atoms with Gasteiger partial charge in [-0.15, -0.1) is 11.3 Å². The van der Waals surface area contributed by atoms with Gasteiger partial charge in [-0.25, -0.2) is 8.42 Å². The summed E-state index contributed by atoms with van der Waals surface area (Å²) in [6.45, 7) is 0.446. The molecule has 1 amide bonds. The summed E-state index contributed by atoms with van der Waals surface area (Å²) < 4.78 is 26.9. The highest BCUT2D eigenvalue weighted by atomic mass is 32.2. The van der Waals surface area contributed by atoms with E-state index in [9.17, 15) is 13.2 Å². The monoisotopic (exact) mass is 322 g/mol. The highest BCUT2D eigenvalue weighted by molar-refractivity contribution is 7.93. The summed E-state index contributed by atoms with van der Waals surface area (Å²) in [6.07, 6.45) is 1.65. The lowest BCUT2D eigenvalue weighted by Crippen LogP contribution is -2.35. The third-order valence-corrected chi connectivity index (χ3v) is 6.36. The summed E-state index contributed by atoms with van der Waals surface area (Å²) in [5.41, 5.74) is 6.93. The highest BCUT2D eigenvalue weighted by Gasteiger charge is 2.29. The van der Waals surface area contributed by atoms with Crippen molar-refractivity contribution in [1.82, 2.24) is 0 Å². The molecule has 1 aromatic heterocycles. The number of carbonyl (C=O) groups is 1. The number of hydrogen-bond donors (Lipinski definition) is 1. The van der Waals surface area contributed by atoms with Crippen LogP contribution in [0.5, 0.6) is 0 Å². The van der Waals surface area contributed by atoms with E-state index in [1.54, 1.807) is 0 Å². The molecule has 0 spiro atoms. The van der Waals surface area contributed by atoms with E-state index < -0.39 is 15.9 Å². The van der Waals surface area contributed by atoms with Crippen LogP contribution in [0.3, 0.4) is 0 Å². The second-order valence-electron chi connectivity index (χ2n) is 4.82. The number of nitrogens with two attached hydrogens (primary N) is 1. The van der Waals surface area contributed by atoms with Gasteiger partial charge < -0.3 is 5.73 Å². The summed E-state index contributed by atoms with van der Waals surface area (Å²) in [7, 11) is -3.65. The van der Waals surface area contributed by atoms with Gasteiger partial charge in [-0.3, -0.25) is 9.10 Å². The lowest BCUT2D eigenvalue weighted by molar-refractivity contribution is 0.100. The first-order valence-electron chi connectivity index (χ1n) is 6.49. The molecule has 0 saturated carbocycles. The van der Waals surface area contributed by atoms with Crippen LogP contribution in [0.2, 0.25) is 0 Å². The van der Waals surface area contributed by atoms with Gasteiger partial charge in [0.05, 0.1) is 15.5 Å². The number of sulfonamides is 1. The van der Waals surface area contributed by atoms with Crippen LogP contribution in [0.25, 0.3) is 0 Å². The molecule has 2 aromatic rings. The van der Waals surface area contributed by atoms with E-state index in [0.29, 0.717) is 6.54 Å². The summed E-state index contributed by atoms with van der Waals surface area (Å²) >= 11 is 1.05. The summed E-state index contributed by atoms with van der Waals surface area (Å²) in [4.78, 5) is 11.5. The molecular formula is C14H14N2O3S2. The van der Waals surface area contributed by atoms with Crippen molar-refractivity contribution in [2.24, 2.45) is 5.73 Å². The third-order valence-electron chi connectivity index (χ3n) is 3.47. The summed E-state index contributed by atoms with van der Waals surface area (Å²) in [5.74, 6) is -0.611. The minimum absolute atomic E-state index is 0.123. The first-order chi connectivity index (χ1) is 10.00. The molecule has 0 aliphatic carbocycles. The van der Waals surface area contributed by atoms with E-state index in [2.05, 4.69) is 0 Å². The Bertz CT molecular complexity index is 796. The lowest BCUT2D eigenvalue weighted by atomic mass is 10.0. The topological polar surface area (TPSA) is 80.5 Å². The molecular weight excluding hydrogens is 308 g/mol. The molecule has 0 unspecified atom stereocenters. The molecule has 110 valence electrons.